The van der Waals surface area contributed by atoms with Crippen molar-refractivity contribution in [2.75, 3.05) is 60.0 Å². The molecule has 0 radical (unpaired) electrons. The Hall–Kier alpha value is -2.48. The van der Waals surface area contributed by atoms with Crippen LogP contribution in [-0.2, 0) is 16.0 Å². The molecule has 0 unspecified atom stereocenters. The lowest BCUT2D eigenvalue weighted by Crippen LogP contribution is -2.51. The van der Waals surface area contributed by atoms with Crippen LogP contribution >= 0.6 is 0 Å². The van der Waals surface area contributed by atoms with Crippen molar-refractivity contribution in [3.05, 3.63) is 17.7 Å². The highest BCUT2D eigenvalue weighted by atomic mass is 16.5. The van der Waals surface area contributed by atoms with Gasteiger partial charge in [0.25, 0.3) is 0 Å². The van der Waals surface area contributed by atoms with Crippen molar-refractivity contribution in [2.24, 2.45) is 0 Å². The number of hydrogen-bond donors (Lipinski definition) is 1. The number of ether oxygens (including phenoxy) is 2. The zero-order valence-electron chi connectivity index (χ0n) is 18.8. The van der Waals surface area contributed by atoms with Gasteiger partial charge in [0, 0.05) is 45.7 Å². The first-order valence-electron chi connectivity index (χ1n) is 11.2. The van der Waals surface area contributed by atoms with E-state index in [2.05, 4.69) is 4.90 Å². The molecule has 172 valence electrons. The predicted molar refractivity (Wildman–Crippen MR) is 118 cm³/mol. The molecule has 8 nitrogen and oxygen atoms in total. The molecule has 2 aliphatic heterocycles. The van der Waals surface area contributed by atoms with Crippen LogP contribution < -0.4 is 9.47 Å². The summed E-state index contributed by atoms with van der Waals surface area (Å²) >= 11 is 0. The van der Waals surface area contributed by atoms with E-state index in [1.54, 1.807) is 12.1 Å². The number of rotatable bonds is 7. The van der Waals surface area contributed by atoms with Crippen molar-refractivity contribution < 1.29 is 24.2 Å². The summed E-state index contributed by atoms with van der Waals surface area (Å²) in [5.74, 6) is 0.960. The second kappa shape index (κ2) is 11.2. The van der Waals surface area contributed by atoms with Gasteiger partial charge in [-0.1, -0.05) is 12.8 Å². The monoisotopic (exact) mass is 433 g/mol. The molecule has 8 heteroatoms. The van der Waals surface area contributed by atoms with Crippen LogP contribution in [0, 0.1) is 0 Å². The average Bonchev–Trinajstić information content (AvgIpc) is 3.08. The van der Waals surface area contributed by atoms with Gasteiger partial charge < -0.3 is 24.4 Å². The Balaban J connectivity index is 1.44. The summed E-state index contributed by atoms with van der Waals surface area (Å²) in [5, 5.41) is 10.0. The molecule has 2 amide bonds. The van der Waals surface area contributed by atoms with Crippen molar-refractivity contribution in [3.8, 4) is 17.2 Å². The third kappa shape index (κ3) is 6.26. The quantitative estimate of drug-likeness (QED) is 0.707. The number of methoxy groups -OCH3 is 2. The van der Waals surface area contributed by atoms with Crippen molar-refractivity contribution in [2.45, 2.75) is 38.5 Å². The molecule has 31 heavy (non-hydrogen) atoms. The molecule has 0 atom stereocenters. The number of aromatic hydroxyl groups is 1. The molecule has 1 aromatic carbocycles. The number of benzene rings is 1. The number of phenolic OH excluding ortho intramolecular Hbond substituents is 1. The Morgan fingerprint density at radius 3 is 1.94 bits per heavy atom. The molecule has 2 fully saturated rings. The second-order valence-corrected chi connectivity index (χ2v) is 8.30. The highest BCUT2D eigenvalue weighted by molar-refractivity contribution is 5.78. The van der Waals surface area contributed by atoms with Gasteiger partial charge in [-0.2, -0.15) is 0 Å². The lowest BCUT2D eigenvalue weighted by atomic mass is 10.1. The maximum atomic E-state index is 12.7. The maximum absolute atomic E-state index is 12.7. The van der Waals surface area contributed by atoms with Crippen LogP contribution in [0.4, 0.5) is 0 Å². The zero-order chi connectivity index (χ0) is 22.2. The zero-order valence-corrected chi connectivity index (χ0v) is 18.8. The second-order valence-electron chi connectivity index (χ2n) is 8.30. The van der Waals surface area contributed by atoms with Gasteiger partial charge in [-0.15, -0.1) is 0 Å². The van der Waals surface area contributed by atoms with E-state index in [0.717, 1.165) is 44.6 Å². The molecule has 0 aromatic heterocycles. The minimum Gasteiger partial charge on any atom is -0.502 e. The maximum Gasteiger partial charge on any atom is 0.236 e. The normalized spacial score (nSPS) is 17.9. The smallest absolute Gasteiger partial charge is 0.236 e. The van der Waals surface area contributed by atoms with Crippen LogP contribution in [0.5, 0.6) is 17.2 Å². The molecule has 2 aliphatic rings. The number of phenols is 1. The Bertz CT molecular complexity index is 729. The molecule has 0 spiro atoms. The van der Waals surface area contributed by atoms with Gasteiger partial charge in [-0.25, -0.2) is 0 Å². The lowest BCUT2D eigenvalue weighted by Gasteiger charge is -2.35. The fourth-order valence-corrected chi connectivity index (χ4v) is 4.27. The predicted octanol–water partition coefficient (Wildman–Crippen LogP) is 1.89. The van der Waals surface area contributed by atoms with Gasteiger partial charge in [0.1, 0.15) is 0 Å². The Morgan fingerprint density at radius 2 is 1.39 bits per heavy atom. The average molecular weight is 434 g/mol. The Labute approximate surface area is 184 Å². The van der Waals surface area contributed by atoms with Crippen molar-refractivity contribution in [1.29, 1.82) is 0 Å². The third-order valence-electron chi connectivity index (χ3n) is 6.21. The molecule has 3 rings (SSSR count). The van der Waals surface area contributed by atoms with E-state index in [1.807, 2.05) is 9.80 Å². The number of carbonyl (C=O) groups excluding carboxylic acids is 2. The number of carbonyl (C=O) groups is 2. The van der Waals surface area contributed by atoms with Crippen molar-refractivity contribution >= 4 is 11.8 Å². The van der Waals surface area contributed by atoms with Crippen LogP contribution in [0.15, 0.2) is 12.1 Å². The van der Waals surface area contributed by atoms with E-state index in [0.29, 0.717) is 44.0 Å². The van der Waals surface area contributed by atoms with Crippen LogP contribution in [0.2, 0.25) is 0 Å². The standard InChI is InChI=1S/C23H35N3O5/c1-30-19-15-18(16-20(31-2)23(19)29)7-8-21(27)26-13-11-24(12-14-26)17-22(28)25-9-5-3-4-6-10-25/h15-16,29H,3-14,17H2,1-2H3. The molecule has 2 saturated heterocycles. The van der Waals surface area contributed by atoms with Gasteiger partial charge >= 0.3 is 0 Å². The van der Waals surface area contributed by atoms with Crippen molar-refractivity contribution in [3.63, 3.8) is 0 Å². The molecule has 2 heterocycles. The highest BCUT2D eigenvalue weighted by Crippen LogP contribution is 2.37. The first-order chi connectivity index (χ1) is 15.0. The molecular formula is C23H35N3O5. The molecule has 1 aromatic rings. The van der Waals surface area contributed by atoms with E-state index in [4.69, 9.17) is 9.47 Å². The minimum absolute atomic E-state index is 0.0362. The van der Waals surface area contributed by atoms with E-state index in [-0.39, 0.29) is 17.6 Å². The summed E-state index contributed by atoms with van der Waals surface area (Å²) < 4.78 is 10.4. The summed E-state index contributed by atoms with van der Waals surface area (Å²) in [4.78, 5) is 31.3. The molecule has 0 saturated carbocycles. The number of hydrogen-bond acceptors (Lipinski definition) is 6. The summed E-state index contributed by atoms with van der Waals surface area (Å²) in [5.41, 5.74) is 0.876. The fourth-order valence-electron chi connectivity index (χ4n) is 4.27. The van der Waals surface area contributed by atoms with Crippen LogP contribution in [0.3, 0.4) is 0 Å². The van der Waals surface area contributed by atoms with Crippen LogP contribution in [-0.4, -0.2) is 91.7 Å². The largest absolute Gasteiger partial charge is 0.502 e. The minimum atomic E-state index is -0.0362. The molecule has 1 N–H and O–H groups in total. The van der Waals surface area contributed by atoms with Gasteiger partial charge in [0.15, 0.2) is 11.5 Å². The number of nitrogens with zero attached hydrogens (tertiary/aromatic N) is 3. The van der Waals surface area contributed by atoms with Gasteiger partial charge in [-0.05, 0) is 37.0 Å². The first kappa shape index (κ1) is 23.2. The van der Waals surface area contributed by atoms with E-state index < -0.39 is 0 Å². The third-order valence-corrected chi connectivity index (χ3v) is 6.21. The van der Waals surface area contributed by atoms with Gasteiger partial charge in [0.05, 0.1) is 20.8 Å². The Morgan fingerprint density at radius 1 is 0.839 bits per heavy atom. The van der Waals surface area contributed by atoms with Crippen molar-refractivity contribution in [1.82, 2.24) is 14.7 Å². The van der Waals surface area contributed by atoms with Gasteiger partial charge in [-0.3, -0.25) is 14.5 Å². The number of aryl methyl sites for hydroxylation is 1. The summed E-state index contributed by atoms with van der Waals surface area (Å²) in [6.45, 7) is 4.96. The molecule has 0 bridgehead atoms. The lowest BCUT2D eigenvalue weighted by molar-refractivity contribution is -0.135. The van der Waals surface area contributed by atoms with E-state index in [9.17, 15) is 14.7 Å². The SMILES string of the molecule is COc1cc(CCC(=O)N2CCN(CC(=O)N3CCCCCC3)CC2)cc(OC)c1O. The van der Waals surface area contributed by atoms with Gasteiger partial charge in [0.2, 0.25) is 17.6 Å². The highest BCUT2D eigenvalue weighted by Gasteiger charge is 2.24. The summed E-state index contributed by atoms with van der Waals surface area (Å²) in [6.07, 6.45) is 5.56. The van der Waals surface area contributed by atoms with Crippen LogP contribution in [0.1, 0.15) is 37.7 Å². The van der Waals surface area contributed by atoms with Crippen LogP contribution in [0.25, 0.3) is 0 Å². The number of amides is 2. The number of likely N-dealkylation sites (tertiary alicyclic amines) is 1. The summed E-state index contributed by atoms with van der Waals surface area (Å²) in [7, 11) is 2.97. The Kier molecular flexibility index (Phi) is 8.40. The topological polar surface area (TPSA) is 82.6 Å². The fraction of sp³-hybridized carbons (Fsp3) is 0.652. The molecule has 0 aliphatic carbocycles. The van der Waals surface area contributed by atoms with E-state index >= 15 is 0 Å². The summed E-state index contributed by atoms with van der Waals surface area (Å²) in [6, 6.07) is 3.47. The molecular weight excluding hydrogens is 398 g/mol. The first-order valence-corrected chi connectivity index (χ1v) is 11.2. The number of piperazine rings is 1. The van der Waals surface area contributed by atoms with E-state index in [1.165, 1.54) is 27.1 Å².